The van der Waals surface area contributed by atoms with E-state index in [1.165, 1.54) is 9.75 Å². The molecular weight excluding hydrogens is 392 g/mol. The van der Waals surface area contributed by atoms with Crippen molar-refractivity contribution in [2.24, 2.45) is 0 Å². The van der Waals surface area contributed by atoms with Crippen LogP contribution in [0.4, 0.5) is 0 Å². The standard InChI is InChI=1S/C23H22N6S/c1-13-5-6-20(30-13)15-3-2-4-17-21(15)27-23(26-17)22-16-11-18(14-7-9-24-10-8-14)25-12-19(16)28-29-22/h2-6,11-12,14,24H,7-10H2,1H3,(H,26,27)(H,28,29). The summed E-state index contributed by atoms with van der Waals surface area (Å²) in [6.45, 7) is 4.24. The third kappa shape index (κ3) is 2.93. The van der Waals surface area contributed by atoms with Crippen molar-refractivity contribution in [1.82, 2.24) is 30.5 Å². The minimum Gasteiger partial charge on any atom is -0.337 e. The van der Waals surface area contributed by atoms with E-state index in [2.05, 4.69) is 63.8 Å². The highest BCUT2D eigenvalue weighted by molar-refractivity contribution is 7.15. The molecule has 150 valence electrons. The Balaban J connectivity index is 1.47. The summed E-state index contributed by atoms with van der Waals surface area (Å²) in [6.07, 6.45) is 4.16. The maximum absolute atomic E-state index is 4.97. The first kappa shape index (κ1) is 17.8. The summed E-state index contributed by atoms with van der Waals surface area (Å²) in [5.74, 6) is 1.29. The van der Waals surface area contributed by atoms with Gasteiger partial charge in [0.25, 0.3) is 0 Å². The second-order valence-electron chi connectivity index (χ2n) is 7.95. The maximum Gasteiger partial charge on any atom is 0.159 e. The summed E-state index contributed by atoms with van der Waals surface area (Å²) in [5.41, 5.74) is 6.11. The van der Waals surface area contributed by atoms with Crippen LogP contribution in [-0.2, 0) is 0 Å². The van der Waals surface area contributed by atoms with Crippen LogP contribution in [0, 0.1) is 6.92 Å². The van der Waals surface area contributed by atoms with Crippen LogP contribution in [0.25, 0.3) is 43.9 Å². The van der Waals surface area contributed by atoms with E-state index in [1.54, 1.807) is 11.3 Å². The van der Waals surface area contributed by atoms with Crippen molar-refractivity contribution >= 4 is 33.3 Å². The lowest BCUT2D eigenvalue weighted by molar-refractivity contribution is 0.453. The molecule has 0 bridgehead atoms. The number of hydrogen-bond acceptors (Lipinski definition) is 5. The number of rotatable bonds is 3. The Morgan fingerprint density at radius 3 is 2.80 bits per heavy atom. The van der Waals surface area contributed by atoms with E-state index in [0.29, 0.717) is 5.92 Å². The van der Waals surface area contributed by atoms with Crippen LogP contribution in [-0.4, -0.2) is 38.2 Å². The zero-order valence-corrected chi connectivity index (χ0v) is 17.5. The Morgan fingerprint density at radius 2 is 1.97 bits per heavy atom. The number of H-pyrrole nitrogens is 2. The van der Waals surface area contributed by atoms with Crippen molar-refractivity contribution in [1.29, 1.82) is 0 Å². The quantitative estimate of drug-likeness (QED) is 0.388. The molecule has 1 aromatic carbocycles. The molecule has 0 radical (unpaired) electrons. The molecule has 0 aliphatic carbocycles. The van der Waals surface area contributed by atoms with E-state index >= 15 is 0 Å². The molecule has 0 saturated carbocycles. The molecule has 1 aliphatic rings. The lowest BCUT2D eigenvalue weighted by Crippen LogP contribution is -2.27. The number of piperidine rings is 1. The predicted molar refractivity (Wildman–Crippen MR) is 122 cm³/mol. The van der Waals surface area contributed by atoms with Crippen LogP contribution < -0.4 is 5.32 Å². The van der Waals surface area contributed by atoms with Crippen LogP contribution in [0.3, 0.4) is 0 Å². The predicted octanol–water partition coefficient (Wildman–Crippen LogP) is 5.01. The van der Waals surface area contributed by atoms with Gasteiger partial charge in [-0.3, -0.25) is 10.1 Å². The van der Waals surface area contributed by atoms with Crippen molar-refractivity contribution in [3.63, 3.8) is 0 Å². The second kappa shape index (κ2) is 7.04. The summed E-state index contributed by atoms with van der Waals surface area (Å²) in [6, 6.07) is 12.8. The van der Waals surface area contributed by atoms with Gasteiger partial charge in [0, 0.05) is 32.3 Å². The average Bonchev–Trinajstić information content (AvgIpc) is 3.51. The van der Waals surface area contributed by atoms with Crippen molar-refractivity contribution < 1.29 is 0 Å². The van der Waals surface area contributed by atoms with Crippen LogP contribution >= 0.6 is 11.3 Å². The number of para-hydroxylation sites is 1. The Labute approximate surface area is 177 Å². The van der Waals surface area contributed by atoms with Gasteiger partial charge in [0.05, 0.1) is 22.7 Å². The third-order valence-electron chi connectivity index (χ3n) is 5.97. The number of benzene rings is 1. The lowest BCUT2D eigenvalue weighted by atomic mass is 9.93. The first-order valence-corrected chi connectivity index (χ1v) is 11.2. The van der Waals surface area contributed by atoms with Crippen molar-refractivity contribution in [3.8, 4) is 22.0 Å². The van der Waals surface area contributed by atoms with Gasteiger partial charge in [-0.05, 0) is 57.1 Å². The number of hydrogen-bond donors (Lipinski definition) is 3. The number of fused-ring (bicyclic) bond motifs is 2. The fourth-order valence-corrected chi connectivity index (χ4v) is 5.27. The molecule has 1 saturated heterocycles. The van der Waals surface area contributed by atoms with Gasteiger partial charge in [0.1, 0.15) is 5.69 Å². The molecule has 0 amide bonds. The summed E-state index contributed by atoms with van der Waals surface area (Å²) < 4.78 is 0. The number of aryl methyl sites for hydroxylation is 1. The zero-order valence-electron chi connectivity index (χ0n) is 16.7. The van der Waals surface area contributed by atoms with Gasteiger partial charge < -0.3 is 10.3 Å². The smallest absolute Gasteiger partial charge is 0.159 e. The third-order valence-corrected chi connectivity index (χ3v) is 7.00. The molecule has 0 atom stereocenters. The van der Waals surface area contributed by atoms with Crippen molar-refractivity contribution in [3.05, 3.63) is 53.2 Å². The van der Waals surface area contributed by atoms with Gasteiger partial charge in [-0.2, -0.15) is 5.10 Å². The molecule has 0 spiro atoms. The van der Waals surface area contributed by atoms with E-state index in [1.807, 2.05) is 6.20 Å². The summed E-state index contributed by atoms with van der Waals surface area (Å²) in [5, 5.41) is 12.2. The average molecular weight is 415 g/mol. The number of nitrogens with one attached hydrogen (secondary N) is 3. The lowest BCUT2D eigenvalue weighted by Gasteiger charge is -2.21. The van der Waals surface area contributed by atoms with Gasteiger partial charge in [-0.1, -0.05) is 12.1 Å². The molecular formula is C23H22N6S. The van der Waals surface area contributed by atoms with Crippen LogP contribution in [0.1, 0.15) is 29.3 Å². The molecule has 5 heterocycles. The maximum atomic E-state index is 4.97. The molecule has 6 nitrogen and oxygen atoms in total. The fraction of sp³-hybridized carbons (Fsp3) is 0.261. The Morgan fingerprint density at radius 1 is 1.07 bits per heavy atom. The molecule has 1 fully saturated rings. The normalized spacial score (nSPS) is 15.4. The minimum atomic E-state index is 0.503. The second-order valence-corrected chi connectivity index (χ2v) is 9.24. The molecule has 7 heteroatoms. The monoisotopic (exact) mass is 414 g/mol. The number of thiophene rings is 1. The topological polar surface area (TPSA) is 82.3 Å². The van der Waals surface area contributed by atoms with Crippen LogP contribution in [0.2, 0.25) is 0 Å². The van der Waals surface area contributed by atoms with Crippen molar-refractivity contribution in [2.75, 3.05) is 13.1 Å². The number of imidazole rings is 1. The largest absolute Gasteiger partial charge is 0.337 e. The van der Waals surface area contributed by atoms with Gasteiger partial charge in [-0.15, -0.1) is 11.3 Å². The summed E-state index contributed by atoms with van der Waals surface area (Å²) in [7, 11) is 0. The highest BCUT2D eigenvalue weighted by atomic mass is 32.1. The van der Waals surface area contributed by atoms with Gasteiger partial charge >= 0.3 is 0 Å². The van der Waals surface area contributed by atoms with Gasteiger partial charge in [0.2, 0.25) is 0 Å². The molecule has 4 aromatic heterocycles. The summed E-state index contributed by atoms with van der Waals surface area (Å²) in [4.78, 5) is 15.7. The highest BCUT2D eigenvalue weighted by Gasteiger charge is 2.20. The summed E-state index contributed by atoms with van der Waals surface area (Å²) >= 11 is 1.79. The van der Waals surface area contributed by atoms with E-state index < -0.39 is 0 Å². The molecule has 6 rings (SSSR count). The molecule has 5 aromatic rings. The fourth-order valence-electron chi connectivity index (χ4n) is 4.38. The van der Waals surface area contributed by atoms with E-state index in [0.717, 1.165) is 70.6 Å². The van der Waals surface area contributed by atoms with Crippen LogP contribution in [0.15, 0.2) is 42.6 Å². The number of nitrogens with zero attached hydrogens (tertiary/aromatic N) is 3. The number of aromatic nitrogens is 5. The first-order valence-electron chi connectivity index (χ1n) is 10.4. The Hall–Kier alpha value is -3.03. The SMILES string of the molecule is Cc1ccc(-c2cccc3[nH]c(-c4n[nH]c5cnc(C6CCNCC6)cc45)nc23)s1. The van der Waals surface area contributed by atoms with E-state index in [4.69, 9.17) is 9.97 Å². The highest BCUT2D eigenvalue weighted by Crippen LogP contribution is 2.35. The number of aromatic amines is 2. The molecule has 30 heavy (non-hydrogen) atoms. The van der Waals surface area contributed by atoms with Crippen LogP contribution in [0.5, 0.6) is 0 Å². The minimum absolute atomic E-state index is 0.503. The van der Waals surface area contributed by atoms with E-state index in [-0.39, 0.29) is 0 Å². The van der Waals surface area contributed by atoms with Gasteiger partial charge in [-0.25, -0.2) is 4.98 Å². The zero-order chi connectivity index (χ0) is 20.1. The Bertz CT molecular complexity index is 1350. The molecule has 0 unspecified atom stereocenters. The molecule has 1 aliphatic heterocycles. The first-order chi connectivity index (χ1) is 14.8. The molecule has 3 N–H and O–H groups in total. The van der Waals surface area contributed by atoms with E-state index in [9.17, 15) is 0 Å². The van der Waals surface area contributed by atoms with Crippen molar-refractivity contribution in [2.45, 2.75) is 25.7 Å². The number of pyridine rings is 1. The Kier molecular flexibility index (Phi) is 4.17. The van der Waals surface area contributed by atoms with Gasteiger partial charge in [0.15, 0.2) is 5.82 Å².